The van der Waals surface area contributed by atoms with Gasteiger partial charge in [0.15, 0.2) is 0 Å². The molecule has 1 atom stereocenters. The van der Waals surface area contributed by atoms with Crippen molar-refractivity contribution < 1.29 is 9.90 Å². The molecule has 1 unspecified atom stereocenters. The van der Waals surface area contributed by atoms with Crippen molar-refractivity contribution >= 4 is 16.9 Å². The third-order valence-corrected chi connectivity index (χ3v) is 4.42. The number of nitrogens with zero attached hydrogens (tertiary/aromatic N) is 4. The third-order valence-electron chi connectivity index (χ3n) is 4.42. The summed E-state index contributed by atoms with van der Waals surface area (Å²) >= 11 is 0. The SMILES string of the molecule is CN(Cc1nc2ccccc2n1C)CC(O)CN1CCCC1=O. The molecule has 1 saturated heterocycles. The van der Waals surface area contributed by atoms with E-state index in [9.17, 15) is 9.90 Å². The Bertz CT molecular complexity index is 697. The van der Waals surface area contributed by atoms with Crippen molar-refractivity contribution in [1.82, 2.24) is 19.4 Å². The van der Waals surface area contributed by atoms with Crippen LogP contribution in [-0.2, 0) is 18.4 Å². The number of likely N-dealkylation sites (tertiary alicyclic amines) is 1. The number of aliphatic hydroxyl groups excluding tert-OH is 1. The van der Waals surface area contributed by atoms with Crippen molar-refractivity contribution in [2.75, 3.05) is 26.7 Å². The number of imidazole rings is 1. The van der Waals surface area contributed by atoms with Crippen molar-refractivity contribution in [3.05, 3.63) is 30.1 Å². The molecular formula is C17H24N4O2. The number of aromatic nitrogens is 2. The average molecular weight is 316 g/mol. The van der Waals surface area contributed by atoms with Gasteiger partial charge in [-0.15, -0.1) is 0 Å². The molecule has 124 valence electrons. The van der Waals surface area contributed by atoms with E-state index in [1.807, 2.05) is 37.2 Å². The van der Waals surface area contributed by atoms with Crippen LogP contribution < -0.4 is 0 Å². The average Bonchev–Trinajstić information content (AvgIpc) is 3.04. The van der Waals surface area contributed by atoms with Crippen LogP contribution in [0.2, 0.25) is 0 Å². The lowest BCUT2D eigenvalue weighted by Crippen LogP contribution is -2.39. The first-order valence-corrected chi connectivity index (χ1v) is 8.09. The summed E-state index contributed by atoms with van der Waals surface area (Å²) in [6.45, 7) is 2.37. The normalized spacial score (nSPS) is 16.7. The maximum atomic E-state index is 11.6. The van der Waals surface area contributed by atoms with Gasteiger partial charge in [0.2, 0.25) is 5.91 Å². The van der Waals surface area contributed by atoms with E-state index in [0.717, 1.165) is 29.8 Å². The lowest BCUT2D eigenvalue weighted by atomic mass is 10.3. The second-order valence-electron chi connectivity index (χ2n) is 6.37. The van der Waals surface area contributed by atoms with Gasteiger partial charge < -0.3 is 14.6 Å². The van der Waals surface area contributed by atoms with Gasteiger partial charge in [-0.05, 0) is 25.6 Å². The highest BCUT2D eigenvalue weighted by Crippen LogP contribution is 2.15. The zero-order valence-electron chi connectivity index (χ0n) is 13.8. The minimum Gasteiger partial charge on any atom is -0.390 e. The first-order valence-electron chi connectivity index (χ1n) is 8.09. The number of amides is 1. The molecule has 0 bridgehead atoms. The summed E-state index contributed by atoms with van der Waals surface area (Å²) in [5.74, 6) is 1.13. The summed E-state index contributed by atoms with van der Waals surface area (Å²) in [4.78, 5) is 20.1. The second kappa shape index (κ2) is 6.68. The van der Waals surface area contributed by atoms with Crippen LogP contribution in [0.3, 0.4) is 0 Å². The van der Waals surface area contributed by atoms with Crippen LogP contribution in [0.5, 0.6) is 0 Å². The van der Waals surface area contributed by atoms with Gasteiger partial charge >= 0.3 is 0 Å². The molecular weight excluding hydrogens is 292 g/mol. The first kappa shape index (κ1) is 16.0. The summed E-state index contributed by atoms with van der Waals surface area (Å²) in [7, 11) is 3.98. The van der Waals surface area contributed by atoms with E-state index in [4.69, 9.17) is 0 Å². The predicted molar refractivity (Wildman–Crippen MR) is 88.9 cm³/mol. The monoisotopic (exact) mass is 316 g/mol. The van der Waals surface area contributed by atoms with E-state index in [0.29, 0.717) is 26.1 Å². The fourth-order valence-electron chi connectivity index (χ4n) is 3.21. The largest absolute Gasteiger partial charge is 0.390 e. The lowest BCUT2D eigenvalue weighted by molar-refractivity contribution is -0.129. The fraction of sp³-hybridized carbons (Fsp3) is 0.529. The Labute approximate surface area is 136 Å². The molecule has 3 rings (SSSR count). The molecule has 2 aromatic rings. The van der Waals surface area contributed by atoms with Gasteiger partial charge in [-0.1, -0.05) is 12.1 Å². The summed E-state index contributed by atoms with van der Waals surface area (Å²) in [6.07, 6.45) is 0.987. The Kier molecular flexibility index (Phi) is 4.63. The Morgan fingerprint density at radius 2 is 2.17 bits per heavy atom. The van der Waals surface area contributed by atoms with Gasteiger partial charge in [-0.3, -0.25) is 9.69 Å². The lowest BCUT2D eigenvalue weighted by Gasteiger charge is -2.24. The number of aryl methyl sites for hydroxylation is 1. The minimum absolute atomic E-state index is 0.155. The molecule has 1 N–H and O–H groups in total. The molecule has 0 saturated carbocycles. The maximum absolute atomic E-state index is 11.6. The van der Waals surface area contributed by atoms with Crippen molar-refractivity contribution in [3.8, 4) is 0 Å². The molecule has 1 aliphatic rings. The molecule has 1 fully saturated rings. The highest BCUT2D eigenvalue weighted by Gasteiger charge is 2.23. The summed E-state index contributed by atoms with van der Waals surface area (Å²) in [5, 5.41) is 10.2. The molecule has 0 aliphatic carbocycles. The predicted octanol–water partition coefficient (Wildman–Crippen LogP) is 0.988. The number of hydrogen-bond acceptors (Lipinski definition) is 4. The molecule has 6 nitrogen and oxygen atoms in total. The molecule has 6 heteroatoms. The number of carbonyl (C=O) groups is 1. The molecule has 1 aromatic heterocycles. The van der Waals surface area contributed by atoms with Crippen LogP contribution >= 0.6 is 0 Å². The van der Waals surface area contributed by atoms with Gasteiger partial charge in [0.1, 0.15) is 5.82 Å². The topological polar surface area (TPSA) is 61.6 Å². The van der Waals surface area contributed by atoms with Crippen LogP contribution in [0.15, 0.2) is 24.3 Å². The van der Waals surface area contributed by atoms with Crippen LogP contribution in [0.4, 0.5) is 0 Å². The summed E-state index contributed by atoms with van der Waals surface area (Å²) < 4.78 is 2.09. The number of aliphatic hydroxyl groups is 1. The molecule has 2 heterocycles. The van der Waals surface area contributed by atoms with Crippen molar-refractivity contribution in [1.29, 1.82) is 0 Å². The zero-order chi connectivity index (χ0) is 16.4. The number of hydrogen-bond donors (Lipinski definition) is 1. The molecule has 0 radical (unpaired) electrons. The Hall–Kier alpha value is -1.92. The molecule has 23 heavy (non-hydrogen) atoms. The Balaban J connectivity index is 1.58. The zero-order valence-corrected chi connectivity index (χ0v) is 13.8. The summed E-state index contributed by atoms with van der Waals surface area (Å²) in [6, 6.07) is 8.06. The van der Waals surface area contributed by atoms with Gasteiger partial charge in [-0.25, -0.2) is 4.98 Å². The molecule has 1 aromatic carbocycles. The first-order chi connectivity index (χ1) is 11.0. The molecule has 0 spiro atoms. The number of fused-ring (bicyclic) bond motifs is 1. The van der Waals surface area contributed by atoms with E-state index < -0.39 is 6.10 Å². The smallest absolute Gasteiger partial charge is 0.222 e. The standard InChI is InChI=1S/C17H24N4O2/c1-19(10-13(22)11-21-9-5-8-17(21)23)12-16-18-14-6-3-4-7-15(14)20(16)2/h3-4,6-7,13,22H,5,8-12H2,1-2H3. The summed E-state index contributed by atoms with van der Waals surface area (Å²) in [5.41, 5.74) is 2.10. The van der Waals surface area contributed by atoms with E-state index in [1.165, 1.54) is 0 Å². The highest BCUT2D eigenvalue weighted by atomic mass is 16.3. The van der Waals surface area contributed by atoms with E-state index in [-0.39, 0.29) is 5.91 Å². The molecule has 1 amide bonds. The highest BCUT2D eigenvalue weighted by molar-refractivity contribution is 5.78. The maximum Gasteiger partial charge on any atom is 0.222 e. The number of benzene rings is 1. The van der Waals surface area contributed by atoms with Crippen LogP contribution in [0.1, 0.15) is 18.7 Å². The number of likely N-dealkylation sites (N-methyl/N-ethyl adjacent to an activating group) is 1. The fourth-order valence-corrected chi connectivity index (χ4v) is 3.21. The van der Waals surface area contributed by atoms with Crippen molar-refractivity contribution in [2.45, 2.75) is 25.5 Å². The quantitative estimate of drug-likeness (QED) is 0.863. The van der Waals surface area contributed by atoms with Gasteiger partial charge in [0.05, 0.1) is 23.7 Å². The van der Waals surface area contributed by atoms with Crippen LogP contribution in [0, 0.1) is 0 Å². The van der Waals surface area contributed by atoms with Gasteiger partial charge in [-0.2, -0.15) is 0 Å². The Morgan fingerprint density at radius 1 is 1.39 bits per heavy atom. The molecule has 1 aliphatic heterocycles. The minimum atomic E-state index is -0.531. The third kappa shape index (κ3) is 3.54. The van der Waals surface area contributed by atoms with Crippen LogP contribution in [0.25, 0.3) is 11.0 Å². The number of carbonyl (C=O) groups excluding carboxylic acids is 1. The Morgan fingerprint density at radius 3 is 2.87 bits per heavy atom. The number of para-hydroxylation sites is 2. The second-order valence-corrected chi connectivity index (χ2v) is 6.37. The van der Waals surface area contributed by atoms with E-state index in [2.05, 4.69) is 15.6 Å². The van der Waals surface area contributed by atoms with E-state index in [1.54, 1.807) is 4.90 Å². The van der Waals surface area contributed by atoms with Crippen molar-refractivity contribution in [2.24, 2.45) is 7.05 Å². The van der Waals surface area contributed by atoms with Crippen molar-refractivity contribution in [3.63, 3.8) is 0 Å². The van der Waals surface area contributed by atoms with E-state index >= 15 is 0 Å². The van der Waals surface area contributed by atoms with Gasteiger partial charge in [0, 0.05) is 33.1 Å². The van der Waals surface area contributed by atoms with Crippen LogP contribution in [-0.4, -0.2) is 63.2 Å². The number of rotatable bonds is 6. The van der Waals surface area contributed by atoms with Gasteiger partial charge in [0.25, 0.3) is 0 Å². The number of β-amino-alcohol motifs (C(OH)–C–C–N with tert-alkyl or cyclic N) is 1.